The number of benzene rings is 2. The van der Waals surface area contributed by atoms with Gasteiger partial charge in [0.05, 0.1) is 14.2 Å². The molecule has 0 spiro atoms. The molecule has 150 valence electrons. The van der Waals surface area contributed by atoms with E-state index in [0.29, 0.717) is 30.2 Å². The molecule has 3 aromatic rings. The summed E-state index contributed by atoms with van der Waals surface area (Å²) in [4.78, 5) is 10.9. The zero-order chi connectivity index (χ0) is 20.8. The van der Waals surface area contributed by atoms with Crippen LogP contribution >= 0.6 is 0 Å². The molecule has 0 saturated carbocycles. The van der Waals surface area contributed by atoms with E-state index in [9.17, 15) is 10.0 Å². The van der Waals surface area contributed by atoms with Crippen molar-refractivity contribution in [2.75, 3.05) is 19.1 Å². The Morgan fingerprint density at radius 3 is 1.72 bits per heavy atom. The highest BCUT2D eigenvalue weighted by atomic mass is 16.5. The zero-order valence-electron chi connectivity index (χ0n) is 16.7. The summed E-state index contributed by atoms with van der Waals surface area (Å²) in [7, 11) is 1.68. The number of ether oxygens (including phenoxy) is 2. The average molecular weight is 393 g/mol. The fourth-order valence-corrected chi connectivity index (χ4v) is 2.97. The molecule has 0 aliphatic rings. The molecule has 0 saturated heterocycles. The molecule has 7 nitrogen and oxygen atoms in total. The Morgan fingerprint density at radius 2 is 1.34 bits per heavy atom. The third-order valence-corrected chi connectivity index (χ3v) is 4.63. The smallest absolute Gasteiger partial charge is 0.491 e. The summed E-state index contributed by atoms with van der Waals surface area (Å²) in [6.45, 7) is 2.89. The number of anilines is 1. The van der Waals surface area contributed by atoms with E-state index >= 15 is 0 Å². The van der Waals surface area contributed by atoms with Gasteiger partial charge in [-0.25, -0.2) is 9.97 Å². The Hall–Kier alpha value is -3.10. The van der Waals surface area contributed by atoms with Crippen LogP contribution in [0, 0.1) is 6.92 Å². The lowest BCUT2D eigenvalue weighted by molar-refractivity contribution is 0.414. The molecular formula is C21H24BN3O4. The fraction of sp³-hybridized carbons (Fsp3) is 0.238. The first-order valence-electron chi connectivity index (χ1n) is 9.20. The highest BCUT2D eigenvalue weighted by Gasteiger charge is 2.19. The molecule has 0 atom stereocenters. The second-order valence-electron chi connectivity index (χ2n) is 6.64. The molecule has 0 radical (unpaired) electrons. The molecular weight excluding hydrogens is 369 g/mol. The van der Waals surface area contributed by atoms with Gasteiger partial charge >= 0.3 is 7.12 Å². The minimum atomic E-state index is -1.60. The summed E-state index contributed by atoms with van der Waals surface area (Å²) in [5, 5.41) is 18.9. The van der Waals surface area contributed by atoms with Gasteiger partial charge in [-0.05, 0) is 42.3 Å². The van der Waals surface area contributed by atoms with E-state index in [4.69, 9.17) is 9.47 Å². The van der Waals surface area contributed by atoms with Crippen LogP contribution in [0.1, 0.15) is 16.8 Å². The summed E-state index contributed by atoms with van der Waals surface area (Å²) in [6.07, 6.45) is 1.46. The van der Waals surface area contributed by atoms with Gasteiger partial charge in [0, 0.05) is 30.4 Å². The van der Waals surface area contributed by atoms with Gasteiger partial charge in [0.1, 0.15) is 11.5 Å². The van der Waals surface area contributed by atoms with E-state index in [1.54, 1.807) is 21.1 Å². The molecule has 0 unspecified atom stereocenters. The van der Waals surface area contributed by atoms with Crippen molar-refractivity contribution in [1.82, 2.24) is 9.97 Å². The van der Waals surface area contributed by atoms with Crippen LogP contribution in [0.2, 0.25) is 0 Å². The maximum Gasteiger partial charge on any atom is 0.491 e. The zero-order valence-corrected chi connectivity index (χ0v) is 16.7. The van der Waals surface area contributed by atoms with Crippen molar-refractivity contribution >= 4 is 18.5 Å². The second-order valence-corrected chi connectivity index (χ2v) is 6.64. The SMILES string of the molecule is COc1ccc(CN(Cc2ccc(OC)cc2)c2ncc(B(O)O)c(C)n2)cc1. The molecule has 3 rings (SSSR count). The van der Waals surface area contributed by atoms with Crippen LogP contribution in [0.15, 0.2) is 54.7 Å². The van der Waals surface area contributed by atoms with E-state index in [1.165, 1.54) is 6.20 Å². The van der Waals surface area contributed by atoms with Crippen molar-refractivity contribution in [3.8, 4) is 11.5 Å². The van der Waals surface area contributed by atoms with Crippen molar-refractivity contribution in [3.05, 3.63) is 71.5 Å². The molecule has 1 aromatic heterocycles. The summed E-state index contributed by atoms with van der Waals surface area (Å²) >= 11 is 0. The standard InChI is InChI=1S/C21H24BN3O4/c1-15-20(22(26)27)12-23-21(24-15)25(13-16-4-8-18(28-2)9-5-16)14-17-6-10-19(29-3)11-7-17/h4-12,26-27H,13-14H2,1-3H3. The number of methoxy groups -OCH3 is 2. The number of hydrogen-bond acceptors (Lipinski definition) is 7. The van der Waals surface area contributed by atoms with E-state index in [1.807, 2.05) is 53.4 Å². The first-order valence-corrected chi connectivity index (χ1v) is 9.20. The van der Waals surface area contributed by atoms with Gasteiger partial charge in [0.2, 0.25) is 5.95 Å². The molecule has 0 aliphatic heterocycles. The minimum Gasteiger partial charge on any atom is -0.497 e. The predicted molar refractivity (Wildman–Crippen MR) is 112 cm³/mol. The molecule has 0 fully saturated rings. The van der Waals surface area contributed by atoms with Crippen molar-refractivity contribution < 1.29 is 19.5 Å². The van der Waals surface area contributed by atoms with E-state index in [2.05, 4.69) is 9.97 Å². The third kappa shape index (κ3) is 5.25. The van der Waals surface area contributed by atoms with Crippen molar-refractivity contribution in [3.63, 3.8) is 0 Å². The van der Waals surface area contributed by atoms with Gasteiger partial charge in [-0.2, -0.15) is 0 Å². The summed E-state index contributed by atoms with van der Waals surface area (Å²) < 4.78 is 10.5. The monoisotopic (exact) mass is 393 g/mol. The van der Waals surface area contributed by atoms with E-state index < -0.39 is 7.12 Å². The molecule has 8 heteroatoms. The van der Waals surface area contributed by atoms with Crippen LogP contribution in [-0.2, 0) is 13.1 Å². The lowest BCUT2D eigenvalue weighted by Gasteiger charge is -2.24. The molecule has 0 aliphatic carbocycles. The van der Waals surface area contributed by atoms with Crippen LogP contribution in [0.4, 0.5) is 5.95 Å². The van der Waals surface area contributed by atoms with Crippen molar-refractivity contribution in [2.45, 2.75) is 20.0 Å². The minimum absolute atomic E-state index is 0.294. The van der Waals surface area contributed by atoms with Gasteiger partial charge in [0.25, 0.3) is 0 Å². The largest absolute Gasteiger partial charge is 0.497 e. The Kier molecular flexibility index (Phi) is 6.69. The van der Waals surface area contributed by atoms with Gasteiger partial charge in [-0.3, -0.25) is 0 Å². The highest BCUT2D eigenvalue weighted by Crippen LogP contribution is 2.20. The predicted octanol–water partition coefficient (Wildman–Crippen LogP) is 1.69. The third-order valence-electron chi connectivity index (χ3n) is 4.63. The number of rotatable bonds is 8. The quantitative estimate of drug-likeness (QED) is 0.563. The topological polar surface area (TPSA) is 87.9 Å². The van der Waals surface area contributed by atoms with Crippen molar-refractivity contribution in [1.29, 1.82) is 0 Å². The Labute approximate surface area is 170 Å². The molecule has 29 heavy (non-hydrogen) atoms. The average Bonchev–Trinajstić information content (AvgIpc) is 2.74. The Morgan fingerprint density at radius 1 is 0.862 bits per heavy atom. The van der Waals surface area contributed by atoms with Gasteiger partial charge in [0.15, 0.2) is 0 Å². The maximum atomic E-state index is 9.44. The number of aryl methyl sites for hydroxylation is 1. The second kappa shape index (κ2) is 9.40. The molecule has 0 bridgehead atoms. The van der Waals surface area contributed by atoms with Crippen molar-refractivity contribution in [2.24, 2.45) is 0 Å². The summed E-state index contributed by atoms with van der Waals surface area (Å²) in [6, 6.07) is 15.7. The van der Waals surface area contributed by atoms with Gasteiger partial charge in [-0.1, -0.05) is 24.3 Å². The number of nitrogens with zero attached hydrogens (tertiary/aromatic N) is 3. The van der Waals surface area contributed by atoms with Crippen LogP contribution in [0.5, 0.6) is 11.5 Å². The molecule has 2 N–H and O–H groups in total. The van der Waals surface area contributed by atoms with Crippen LogP contribution in [0.25, 0.3) is 0 Å². The Bertz CT molecular complexity index is 884. The van der Waals surface area contributed by atoms with Crippen LogP contribution in [0.3, 0.4) is 0 Å². The normalized spacial score (nSPS) is 10.5. The lowest BCUT2D eigenvalue weighted by atomic mass is 9.80. The highest BCUT2D eigenvalue weighted by molar-refractivity contribution is 6.58. The van der Waals surface area contributed by atoms with Crippen LogP contribution in [-0.4, -0.2) is 41.4 Å². The fourth-order valence-electron chi connectivity index (χ4n) is 2.97. The van der Waals surface area contributed by atoms with E-state index in [0.717, 1.165) is 22.6 Å². The summed E-state index contributed by atoms with van der Waals surface area (Å²) in [5.74, 6) is 2.10. The number of aromatic nitrogens is 2. The lowest BCUT2D eigenvalue weighted by Crippen LogP contribution is -2.35. The first kappa shape index (κ1) is 20.6. The maximum absolute atomic E-state index is 9.44. The van der Waals surface area contributed by atoms with Crippen LogP contribution < -0.4 is 19.8 Å². The first-order chi connectivity index (χ1) is 14.0. The molecule has 0 amide bonds. The molecule has 2 aromatic carbocycles. The number of hydrogen-bond donors (Lipinski definition) is 2. The Balaban J connectivity index is 1.89. The van der Waals surface area contributed by atoms with Gasteiger partial charge < -0.3 is 24.4 Å². The molecule has 1 heterocycles. The van der Waals surface area contributed by atoms with E-state index in [-0.39, 0.29) is 0 Å². The summed E-state index contributed by atoms with van der Waals surface area (Å²) in [5.41, 5.74) is 2.97. The van der Waals surface area contributed by atoms with Gasteiger partial charge in [-0.15, -0.1) is 0 Å².